The van der Waals surface area contributed by atoms with Crippen molar-refractivity contribution in [1.82, 2.24) is 0 Å². The van der Waals surface area contributed by atoms with Crippen molar-refractivity contribution >= 4 is 10.8 Å². The highest BCUT2D eigenvalue weighted by molar-refractivity contribution is 5.84. The molecule has 0 saturated carbocycles. The summed E-state index contributed by atoms with van der Waals surface area (Å²) in [7, 11) is 0. The molecule has 3 aromatic rings. The molecule has 0 radical (unpaired) electrons. The van der Waals surface area contributed by atoms with Crippen LogP contribution >= 0.6 is 0 Å². The summed E-state index contributed by atoms with van der Waals surface area (Å²) in [5.74, 6) is 0.0713. The number of hydrogen-bond donors (Lipinski definition) is 0. The molecule has 0 atom stereocenters. The maximum Gasteiger partial charge on any atom is 0.426 e. The summed E-state index contributed by atoms with van der Waals surface area (Å²) < 4.78 is 53.9. The van der Waals surface area contributed by atoms with E-state index in [1.165, 1.54) is 42.5 Å². The van der Waals surface area contributed by atoms with E-state index < -0.39 is 6.11 Å². The lowest BCUT2D eigenvalue weighted by molar-refractivity contribution is -0.185. The number of ether oxygens (including phenoxy) is 2. The Morgan fingerprint density at radius 3 is 2.40 bits per heavy atom. The molecule has 0 bridgehead atoms. The molecule has 30 heavy (non-hydrogen) atoms. The number of rotatable bonds is 9. The molecule has 0 saturated heterocycles. The van der Waals surface area contributed by atoms with Gasteiger partial charge in [0.05, 0.1) is 5.56 Å². The van der Waals surface area contributed by atoms with Gasteiger partial charge in [0, 0.05) is 0 Å². The van der Waals surface area contributed by atoms with Crippen LogP contribution < -0.4 is 9.47 Å². The standard InChI is InChI=1S/C25H23F3O2/c1-3-5-7-19-15-18-8-11-23(16-20(18)17-24(19)26)30-25(27,28)21-9-12-22(13-10-21)29-14-6-4-2/h3-4,6,8-13,15-17H,1,5,7,14H2,2H3/b6-4+. The second-order valence-corrected chi connectivity index (χ2v) is 6.80. The summed E-state index contributed by atoms with van der Waals surface area (Å²) in [6.45, 7) is 5.88. The molecule has 0 aliphatic carbocycles. The van der Waals surface area contributed by atoms with Gasteiger partial charge < -0.3 is 9.47 Å². The van der Waals surface area contributed by atoms with Crippen LogP contribution in [0.15, 0.2) is 79.4 Å². The smallest absolute Gasteiger partial charge is 0.426 e. The third-order valence-electron chi connectivity index (χ3n) is 4.61. The van der Waals surface area contributed by atoms with E-state index in [0.29, 0.717) is 36.1 Å². The Bertz CT molecular complexity index is 1040. The van der Waals surface area contributed by atoms with Gasteiger partial charge in [-0.2, -0.15) is 8.78 Å². The lowest BCUT2D eigenvalue weighted by atomic mass is 10.0. The highest BCUT2D eigenvalue weighted by Crippen LogP contribution is 2.34. The van der Waals surface area contributed by atoms with E-state index >= 15 is 0 Å². The van der Waals surface area contributed by atoms with Crippen LogP contribution in [0.1, 0.15) is 24.5 Å². The molecule has 0 N–H and O–H groups in total. The molecule has 0 amide bonds. The maximum absolute atomic E-state index is 14.6. The zero-order chi connectivity index (χ0) is 21.6. The minimum absolute atomic E-state index is 0.0425. The molecule has 0 fully saturated rings. The molecule has 0 unspecified atom stereocenters. The SMILES string of the molecule is C=CCCc1cc2ccc(OC(F)(F)c3ccc(OC/C=C/C)cc3)cc2cc1F. The Kier molecular flexibility index (Phi) is 6.83. The number of aryl methyl sites for hydroxylation is 1. The van der Waals surface area contributed by atoms with Crippen molar-refractivity contribution in [2.24, 2.45) is 0 Å². The van der Waals surface area contributed by atoms with E-state index in [4.69, 9.17) is 9.47 Å². The number of benzene rings is 3. The van der Waals surface area contributed by atoms with Gasteiger partial charge in [0.2, 0.25) is 0 Å². The molecule has 156 valence electrons. The van der Waals surface area contributed by atoms with E-state index in [1.54, 1.807) is 18.2 Å². The van der Waals surface area contributed by atoms with Crippen molar-refractivity contribution < 1.29 is 22.6 Å². The Balaban J connectivity index is 1.77. The Hall–Kier alpha value is -3.21. The summed E-state index contributed by atoms with van der Waals surface area (Å²) in [5.41, 5.74) is 0.269. The van der Waals surface area contributed by atoms with Gasteiger partial charge in [-0.15, -0.1) is 6.58 Å². The first-order valence-electron chi connectivity index (χ1n) is 9.67. The third-order valence-corrected chi connectivity index (χ3v) is 4.61. The molecule has 3 aromatic carbocycles. The predicted octanol–water partition coefficient (Wildman–Crippen LogP) is 7.18. The van der Waals surface area contributed by atoms with Crippen LogP contribution in [0.5, 0.6) is 11.5 Å². The van der Waals surface area contributed by atoms with Gasteiger partial charge >= 0.3 is 6.11 Å². The molecule has 0 aliphatic heterocycles. The Morgan fingerprint density at radius 1 is 0.967 bits per heavy atom. The van der Waals surface area contributed by atoms with Crippen LogP contribution in [0.2, 0.25) is 0 Å². The van der Waals surface area contributed by atoms with E-state index in [0.717, 1.165) is 5.39 Å². The summed E-state index contributed by atoms with van der Waals surface area (Å²) in [6.07, 6.45) is 3.04. The highest BCUT2D eigenvalue weighted by Gasteiger charge is 2.34. The van der Waals surface area contributed by atoms with Crippen molar-refractivity contribution in [2.45, 2.75) is 25.9 Å². The molecule has 5 heteroatoms. The van der Waals surface area contributed by atoms with Gasteiger partial charge in [-0.25, -0.2) is 4.39 Å². The molecule has 0 heterocycles. The van der Waals surface area contributed by atoms with Crippen molar-refractivity contribution in [2.75, 3.05) is 6.61 Å². The molecular formula is C25H23F3O2. The van der Waals surface area contributed by atoms with E-state index in [-0.39, 0.29) is 17.1 Å². The van der Waals surface area contributed by atoms with Crippen molar-refractivity contribution in [3.63, 3.8) is 0 Å². The normalized spacial score (nSPS) is 11.7. The summed E-state index contributed by atoms with van der Waals surface area (Å²) in [5, 5.41) is 1.25. The van der Waals surface area contributed by atoms with Crippen molar-refractivity contribution in [3.8, 4) is 11.5 Å². The van der Waals surface area contributed by atoms with Gasteiger partial charge in [0.25, 0.3) is 0 Å². The zero-order valence-corrected chi connectivity index (χ0v) is 16.7. The molecule has 0 aliphatic rings. The number of halogens is 3. The first-order valence-corrected chi connectivity index (χ1v) is 9.67. The number of fused-ring (bicyclic) bond motifs is 1. The molecule has 0 aromatic heterocycles. The van der Waals surface area contributed by atoms with E-state index in [1.807, 2.05) is 19.1 Å². The number of alkyl halides is 2. The Morgan fingerprint density at radius 2 is 1.70 bits per heavy atom. The fourth-order valence-corrected chi connectivity index (χ4v) is 3.00. The fraction of sp³-hybridized carbons (Fsp3) is 0.200. The third kappa shape index (κ3) is 5.23. The molecule has 0 spiro atoms. The average molecular weight is 412 g/mol. The van der Waals surface area contributed by atoms with E-state index in [2.05, 4.69) is 6.58 Å². The first kappa shape index (κ1) is 21.5. The fourth-order valence-electron chi connectivity index (χ4n) is 3.00. The monoisotopic (exact) mass is 412 g/mol. The first-order chi connectivity index (χ1) is 14.4. The van der Waals surface area contributed by atoms with Crippen LogP contribution in [0.3, 0.4) is 0 Å². The van der Waals surface area contributed by atoms with Crippen molar-refractivity contribution in [1.29, 1.82) is 0 Å². The van der Waals surface area contributed by atoms with Crippen LogP contribution in [0.25, 0.3) is 10.8 Å². The van der Waals surface area contributed by atoms with E-state index in [9.17, 15) is 13.2 Å². The number of allylic oxidation sites excluding steroid dienone is 2. The minimum Gasteiger partial charge on any atom is -0.490 e. The van der Waals surface area contributed by atoms with Gasteiger partial charge in [-0.3, -0.25) is 0 Å². The second kappa shape index (κ2) is 9.53. The second-order valence-electron chi connectivity index (χ2n) is 6.80. The predicted molar refractivity (Wildman–Crippen MR) is 114 cm³/mol. The van der Waals surface area contributed by atoms with Crippen LogP contribution in [-0.4, -0.2) is 6.61 Å². The van der Waals surface area contributed by atoms with Crippen LogP contribution in [-0.2, 0) is 12.5 Å². The number of hydrogen-bond acceptors (Lipinski definition) is 2. The summed E-state index contributed by atoms with van der Waals surface area (Å²) in [4.78, 5) is 0. The zero-order valence-electron chi connectivity index (χ0n) is 16.7. The lowest BCUT2D eigenvalue weighted by Crippen LogP contribution is -2.21. The largest absolute Gasteiger partial charge is 0.490 e. The lowest BCUT2D eigenvalue weighted by Gasteiger charge is -2.19. The molecule has 2 nitrogen and oxygen atoms in total. The van der Waals surface area contributed by atoms with Gasteiger partial charge in [0.1, 0.15) is 23.9 Å². The topological polar surface area (TPSA) is 18.5 Å². The van der Waals surface area contributed by atoms with Crippen molar-refractivity contribution in [3.05, 3.63) is 96.3 Å². The summed E-state index contributed by atoms with van der Waals surface area (Å²) >= 11 is 0. The molecular weight excluding hydrogens is 389 g/mol. The van der Waals surface area contributed by atoms with Crippen LogP contribution in [0.4, 0.5) is 13.2 Å². The minimum atomic E-state index is -3.54. The van der Waals surface area contributed by atoms with Crippen LogP contribution in [0, 0.1) is 5.82 Å². The quantitative estimate of drug-likeness (QED) is 0.347. The highest BCUT2D eigenvalue weighted by atomic mass is 19.3. The maximum atomic E-state index is 14.6. The van der Waals surface area contributed by atoms with Gasteiger partial charge in [-0.05, 0) is 84.6 Å². The summed E-state index contributed by atoms with van der Waals surface area (Å²) in [6, 6.07) is 13.1. The average Bonchev–Trinajstić information content (AvgIpc) is 2.72. The van der Waals surface area contributed by atoms with Gasteiger partial charge in [0.15, 0.2) is 0 Å². The molecule has 3 rings (SSSR count). The van der Waals surface area contributed by atoms with Gasteiger partial charge in [-0.1, -0.05) is 24.3 Å². The Labute approximate surface area is 174 Å².